The molecule has 2 aliphatic rings. The maximum absolute atomic E-state index is 10.3. The van der Waals surface area contributed by atoms with Crippen molar-refractivity contribution < 1.29 is 131 Å². The summed E-state index contributed by atoms with van der Waals surface area (Å²) in [7, 11) is -62.9. The van der Waals surface area contributed by atoms with E-state index in [1.807, 2.05) is 0 Å². The molecule has 0 bridgehead atoms. The maximum Gasteiger partial charge on any atom is 0.471 e. The second kappa shape index (κ2) is 27.5. The van der Waals surface area contributed by atoms with Gasteiger partial charge in [-0.3, -0.25) is 0 Å². The van der Waals surface area contributed by atoms with Crippen molar-refractivity contribution in [3.8, 4) is 0 Å². The van der Waals surface area contributed by atoms with Gasteiger partial charge in [0.05, 0.1) is 0 Å². The minimum Gasteiger partial charge on any atom is -0.423 e. The van der Waals surface area contributed by atoms with Gasteiger partial charge in [-0.15, -0.1) is 0 Å². The first-order valence-corrected chi connectivity index (χ1v) is 42.6. The molecular formula is C4H42O30Si18. The van der Waals surface area contributed by atoms with Gasteiger partial charge in [-0.1, -0.05) is 0 Å². The van der Waals surface area contributed by atoms with Crippen LogP contribution in [0.2, 0.25) is 26.2 Å². The molecule has 310 valence electrons. The Balaban J connectivity index is 2.54. The summed E-state index contributed by atoms with van der Waals surface area (Å²) in [6.45, 7) is 5.99. The number of hydrogen-bond acceptors (Lipinski definition) is 30. The zero-order chi connectivity index (χ0) is 39.0. The van der Waals surface area contributed by atoms with Crippen molar-refractivity contribution in [2.75, 3.05) is 0 Å². The van der Waals surface area contributed by atoms with E-state index in [2.05, 4.69) is 4.12 Å². The lowest BCUT2D eigenvalue weighted by Crippen LogP contribution is -2.56. The molecule has 11 N–H and O–H groups in total. The number of rotatable bonds is 14. The molecule has 0 spiro atoms. The molecule has 2 saturated heterocycles. The fourth-order valence-electron chi connectivity index (χ4n) is 3.08. The zero-order valence-electron chi connectivity index (χ0n) is 27.2. The lowest BCUT2D eigenvalue weighted by Gasteiger charge is -2.34. The smallest absolute Gasteiger partial charge is 0.423 e. The lowest BCUT2D eigenvalue weighted by molar-refractivity contribution is 0.123. The van der Waals surface area contributed by atoms with Gasteiger partial charge in [-0.25, -0.2) is 0 Å². The summed E-state index contributed by atoms with van der Waals surface area (Å²) in [6.07, 6.45) is 0. The normalized spacial score (nSPS) is 35.9. The van der Waals surface area contributed by atoms with Gasteiger partial charge < -0.3 is 131 Å². The first-order chi connectivity index (χ1) is 24.4. The largest absolute Gasteiger partial charge is 0.471 e. The molecule has 2 aliphatic heterocycles. The van der Waals surface area contributed by atoms with Gasteiger partial charge >= 0.3 is 152 Å². The van der Waals surface area contributed by atoms with E-state index in [1.165, 1.54) is 13.1 Å². The van der Waals surface area contributed by atoms with Crippen LogP contribution in [-0.2, 0) is 78.2 Å². The summed E-state index contributed by atoms with van der Waals surface area (Å²) in [6, 6.07) is 0. The van der Waals surface area contributed by atoms with Crippen molar-refractivity contribution >= 4 is 171 Å². The van der Waals surface area contributed by atoms with Crippen LogP contribution in [-0.4, -0.2) is 224 Å². The topological polar surface area (TPSA) is 398 Å². The van der Waals surface area contributed by atoms with Gasteiger partial charge in [0, 0.05) is 0 Å². The predicted octanol–water partition coefficient (Wildman–Crippen LogP) is -17.0. The molecule has 2 fully saturated rings. The second-order valence-electron chi connectivity index (χ2n) is 9.01. The SMILES string of the molecule is C[SiH](O)O[SiH]1O[SiH](C)O[SiH](O[SiH](O)O)O[SiH](O[SiH](O)O[SiH](O)O)O[SiH](O[SiH](O)O)O[SiH](O[SiH]2O[SiH](C)O[SiH](C)O[SiH2]O[SiH](O)O[Si@@H](O[SiH](O)O)O2)O1. The fraction of sp³-hybridized carbons (Fsp3) is 1.00. The van der Waals surface area contributed by atoms with Crippen LogP contribution >= 0.6 is 0 Å². The molecular weight excluding hydrogens is 1030 g/mol. The minimum absolute atomic E-state index is 1.34. The maximum atomic E-state index is 10.3. The average molecular weight is 1080 g/mol. The molecule has 12 unspecified atom stereocenters. The average Bonchev–Trinajstić information content (AvgIpc) is 2.93. The van der Waals surface area contributed by atoms with Gasteiger partial charge in [0.25, 0.3) is 19.3 Å². The highest BCUT2D eigenvalue weighted by Gasteiger charge is 2.44. The minimum atomic E-state index is -4.09. The third-order valence-corrected chi connectivity index (χ3v) is 43.5. The van der Waals surface area contributed by atoms with Crippen LogP contribution in [0.5, 0.6) is 0 Å². The number of hydrogen-bond donors (Lipinski definition) is 11. The molecule has 0 aromatic heterocycles. The van der Waals surface area contributed by atoms with Crippen molar-refractivity contribution in [1.29, 1.82) is 0 Å². The molecule has 48 heteroatoms. The summed E-state index contributed by atoms with van der Waals surface area (Å²) in [4.78, 5) is 107. The van der Waals surface area contributed by atoms with E-state index in [1.54, 1.807) is 13.1 Å². The van der Waals surface area contributed by atoms with Crippen LogP contribution < -0.4 is 0 Å². The summed E-state index contributed by atoms with van der Waals surface area (Å²) in [5.41, 5.74) is 0. The molecule has 0 aromatic rings. The Hall–Kier alpha value is 2.70. The van der Waals surface area contributed by atoms with Gasteiger partial charge in [0.2, 0.25) is 0 Å². The molecule has 2 heterocycles. The highest BCUT2D eigenvalue weighted by molar-refractivity contribution is 6.76. The van der Waals surface area contributed by atoms with Crippen LogP contribution in [0.3, 0.4) is 0 Å². The van der Waals surface area contributed by atoms with Crippen LogP contribution in [0, 0.1) is 0 Å². The van der Waals surface area contributed by atoms with Crippen molar-refractivity contribution in [2.24, 2.45) is 0 Å². The van der Waals surface area contributed by atoms with Gasteiger partial charge in [0.15, 0.2) is 0 Å². The summed E-state index contributed by atoms with van der Waals surface area (Å²) in [5, 5.41) is 0. The van der Waals surface area contributed by atoms with Crippen LogP contribution in [0.25, 0.3) is 0 Å². The highest BCUT2D eigenvalue weighted by atomic mass is 28.5. The van der Waals surface area contributed by atoms with Gasteiger partial charge in [-0.2, -0.15) is 0 Å². The van der Waals surface area contributed by atoms with E-state index in [0.717, 1.165) is 0 Å². The quantitative estimate of drug-likeness (QED) is 0.0720. The Morgan fingerprint density at radius 3 is 1.35 bits per heavy atom. The Kier molecular flexibility index (Phi) is 26.9. The van der Waals surface area contributed by atoms with E-state index >= 15 is 0 Å². The molecule has 0 aliphatic carbocycles. The lowest BCUT2D eigenvalue weighted by atomic mass is 11.9. The molecule has 0 aromatic carbocycles. The standard InChI is InChI=1S/C4H42O30Si18/c1-36(5)18-46-21-39(4)22-47(24-41(8)9)30-51(28-45(15)23-40(6)7)33-50(26-43(12)13)34-52(29-46)32-48-20-38(3)19-37(2)16-35-17-44(14)27-49(31-48)25-42(10)11/h5-15,36-52H,35H2,1-4H3/t36?,37?,38?,39?,44?,45?,46?,47?,48?,49-,50?,51?,52?/m1/s1. The molecule has 0 saturated carbocycles. The van der Waals surface area contributed by atoms with Crippen molar-refractivity contribution in [1.82, 2.24) is 0 Å². The van der Waals surface area contributed by atoms with Crippen LogP contribution in [0.1, 0.15) is 0 Å². The first-order valence-electron chi connectivity index (χ1n) is 14.2. The van der Waals surface area contributed by atoms with Gasteiger partial charge in [0.1, 0.15) is 0 Å². The van der Waals surface area contributed by atoms with E-state index < -0.39 is 171 Å². The van der Waals surface area contributed by atoms with Crippen molar-refractivity contribution in [3.05, 3.63) is 0 Å². The molecule has 0 amide bonds. The third-order valence-electron chi connectivity index (χ3n) is 4.84. The molecule has 52 heavy (non-hydrogen) atoms. The highest BCUT2D eigenvalue weighted by Crippen LogP contribution is 2.15. The monoisotopic (exact) mass is 1070 g/mol. The first kappa shape index (κ1) is 50.8. The summed E-state index contributed by atoms with van der Waals surface area (Å²) < 4.78 is 105. The van der Waals surface area contributed by atoms with Gasteiger partial charge in [-0.05, 0) is 26.2 Å². The molecule has 0 radical (unpaired) electrons. The second-order valence-corrected chi connectivity index (χ2v) is 42.9. The van der Waals surface area contributed by atoms with E-state index in [4.69, 9.17) is 74.1 Å². The molecule has 30 nitrogen and oxygen atoms in total. The Labute approximate surface area is 326 Å². The predicted molar refractivity (Wildman–Crippen MR) is 199 cm³/mol. The molecule has 2 rings (SSSR count). The Morgan fingerprint density at radius 1 is 0.442 bits per heavy atom. The van der Waals surface area contributed by atoms with E-state index in [9.17, 15) is 52.8 Å². The van der Waals surface area contributed by atoms with E-state index in [0.29, 0.717) is 0 Å². The fourth-order valence-corrected chi connectivity index (χ4v) is 43.7. The van der Waals surface area contributed by atoms with Crippen LogP contribution in [0.4, 0.5) is 0 Å². The third kappa shape index (κ3) is 23.9. The van der Waals surface area contributed by atoms with Crippen molar-refractivity contribution in [2.45, 2.75) is 26.2 Å². The van der Waals surface area contributed by atoms with Crippen molar-refractivity contribution in [3.63, 3.8) is 0 Å². The zero-order valence-corrected chi connectivity index (χ0v) is 48.2. The summed E-state index contributed by atoms with van der Waals surface area (Å²) >= 11 is 0. The van der Waals surface area contributed by atoms with Crippen LogP contribution in [0.15, 0.2) is 0 Å². The Morgan fingerprint density at radius 2 is 0.846 bits per heavy atom. The Bertz CT molecular complexity index is 929. The molecule has 13 atom stereocenters. The van der Waals surface area contributed by atoms with E-state index in [-0.39, 0.29) is 0 Å². The summed E-state index contributed by atoms with van der Waals surface area (Å²) in [5.74, 6) is 0.